The van der Waals surface area contributed by atoms with Gasteiger partial charge < -0.3 is 5.73 Å². The Hall–Kier alpha value is -1.58. The minimum atomic E-state index is 0.844. The van der Waals surface area contributed by atoms with Crippen LogP contribution in [0, 0.1) is 6.92 Å². The van der Waals surface area contributed by atoms with Gasteiger partial charge in [-0.25, -0.2) is 0 Å². The second kappa shape index (κ2) is 5.08. The van der Waals surface area contributed by atoms with E-state index in [0.717, 1.165) is 5.69 Å². The third-order valence-corrected chi connectivity index (χ3v) is 5.76. The zero-order valence-electron chi connectivity index (χ0n) is 11.9. The minimum Gasteiger partial charge on any atom is -0.399 e. The molecule has 102 valence electrons. The van der Waals surface area contributed by atoms with Crippen LogP contribution in [0.4, 0.5) is 5.69 Å². The van der Waals surface area contributed by atoms with Crippen molar-refractivity contribution in [3.8, 4) is 0 Å². The van der Waals surface area contributed by atoms with Crippen molar-refractivity contribution in [1.29, 1.82) is 0 Å². The molecule has 2 aromatic heterocycles. The molecule has 0 saturated heterocycles. The molecule has 0 saturated carbocycles. The van der Waals surface area contributed by atoms with Crippen molar-refractivity contribution in [2.24, 2.45) is 0 Å². The van der Waals surface area contributed by atoms with Gasteiger partial charge in [-0.1, -0.05) is 32.0 Å². The molecule has 0 aliphatic carbocycles. The van der Waals surface area contributed by atoms with Gasteiger partial charge in [-0.15, -0.1) is 22.7 Å². The van der Waals surface area contributed by atoms with E-state index in [0.29, 0.717) is 0 Å². The lowest BCUT2D eigenvalue weighted by molar-refractivity contribution is 1.50. The van der Waals surface area contributed by atoms with Crippen LogP contribution in [0.1, 0.15) is 19.4 Å². The smallest absolute Gasteiger partial charge is 0.0542 e. The van der Waals surface area contributed by atoms with Crippen LogP contribution in [0.5, 0.6) is 0 Å². The van der Waals surface area contributed by atoms with Crippen LogP contribution < -0.4 is 5.73 Å². The minimum absolute atomic E-state index is 0.844. The molecule has 4 aromatic rings. The Labute approximate surface area is 126 Å². The highest BCUT2D eigenvalue weighted by atomic mass is 32.1. The molecule has 0 unspecified atom stereocenters. The van der Waals surface area contributed by atoms with Gasteiger partial charge in [0, 0.05) is 25.9 Å². The maximum Gasteiger partial charge on any atom is 0.0542 e. The highest BCUT2D eigenvalue weighted by molar-refractivity contribution is 7.36. The van der Waals surface area contributed by atoms with E-state index < -0.39 is 0 Å². The van der Waals surface area contributed by atoms with Gasteiger partial charge in [0.1, 0.15) is 0 Å². The first-order chi connectivity index (χ1) is 9.72. The number of thiophene rings is 2. The number of anilines is 1. The van der Waals surface area contributed by atoms with E-state index in [1.807, 2.05) is 42.6 Å². The fourth-order valence-corrected chi connectivity index (χ4v) is 5.18. The van der Waals surface area contributed by atoms with Crippen LogP contribution in [0.2, 0.25) is 0 Å². The topological polar surface area (TPSA) is 26.0 Å². The van der Waals surface area contributed by atoms with Gasteiger partial charge in [0.15, 0.2) is 0 Å². The zero-order valence-corrected chi connectivity index (χ0v) is 13.5. The third-order valence-electron chi connectivity index (χ3n) is 3.26. The molecule has 0 fully saturated rings. The van der Waals surface area contributed by atoms with E-state index in [1.165, 1.54) is 35.1 Å². The first-order valence-corrected chi connectivity index (χ1v) is 8.46. The standard InChI is InChI=1S/C15H11NS2.C2H6/c1-8-2-4-10-12(6-8)17-15-11-5-3-9(16)7-13(11)18-14(10)15;1-2/h2-7H,16H2,1H3;1-2H3. The zero-order chi connectivity index (χ0) is 14.3. The maximum absolute atomic E-state index is 5.86. The van der Waals surface area contributed by atoms with E-state index in [2.05, 4.69) is 37.3 Å². The molecular weight excluding hydrogens is 282 g/mol. The Morgan fingerprint density at radius 3 is 2.00 bits per heavy atom. The number of fused-ring (bicyclic) bond motifs is 5. The van der Waals surface area contributed by atoms with Crippen LogP contribution in [-0.4, -0.2) is 0 Å². The SMILES string of the molecule is CC.Cc1ccc2c(c1)sc1c3ccc(N)cc3sc21. The predicted molar refractivity (Wildman–Crippen MR) is 95.2 cm³/mol. The molecule has 0 atom stereocenters. The van der Waals surface area contributed by atoms with E-state index >= 15 is 0 Å². The van der Waals surface area contributed by atoms with Gasteiger partial charge in [0.05, 0.1) is 9.40 Å². The monoisotopic (exact) mass is 299 g/mol. The number of benzene rings is 2. The van der Waals surface area contributed by atoms with Crippen molar-refractivity contribution in [1.82, 2.24) is 0 Å². The molecule has 0 aliphatic rings. The maximum atomic E-state index is 5.86. The summed E-state index contributed by atoms with van der Waals surface area (Å²) in [5.74, 6) is 0. The Morgan fingerprint density at radius 1 is 0.800 bits per heavy atom. The van der Waals surface area contributed by atoms with Crippen LogP contribution in [-0.2, 0) is 0 Å². The van der Waals surface area contributed by atoms with E-state index in [1.54, 1.807) is 0 Å². The Balaban J connectivity index is 0.000000581. The molecule has 4 rings (SSSR count). The molecule has 0 aliphatic heterocycles. The average molecular weight is 299 g/mol. The van der Waals surface area contributed by atoms with Crippen LogP contribution in [0.25, 0.3) is 29.6 Å². The number of aryl methyl sites for hydroxylation is 1. The lowest BCUT2D eigenvalue weighted by Crippen LogP contribution is -1.80. The fraction of sp³-hybridized carbons (Fsp3) is 0.176. The van der Waals surface area contributed by atoms with Crippen molar-refractivity contribution in [2.75, 3.05) is 5.73 Å². The fourth-order valence-electron chi connectivity index (χ4n) is 2.38. The number of nitrogen functional groups attached to an aromatic ring is 1. The summed E-state index contributed by atoms with van der Waals surface area (Å²) < 4.78 is 5.47. The number of rotatable bonds is 0. The number of nitrogens with two attached hydrogens (primary N) is 1. The summed E-state index contributed by atoms with van der Waals surface area (Å²) in [6, 6.07) is 12.9. The molecule has 0 bridgehead atoms. The Bertz CT molecular complexity index is 824. The molecule has 3 heteroatoms. The molecule has 2 heterocycles. The van der Waals surface area contributed by atoms with Crippen molar-refractivity contribution >= 4 is 57.9 Å². The van der Waals surface area contributed by atoms with E-state index in [4.69, 9.17) is 5.73 Å². The van der Waals surface area contributed by atoms with Crippen molar-refractivity contribution < 1.29 is 0 Å². The summed E-state index contributed by atoms with van der Waals surface area (Å²) in [7, 11) is 0. The highest BCUT2D eigenvalue weighted by Gasteiger charge is 2.11. The third kappa shape index (κ3) is 1.98. The van der Waals surface area contributed by atoms with Crippen molar-refractivity contribution in [3.05, 3.63) is 42.0 Å². The molecule has 20 heavy (non-hydrogen) atoms. The summed E-state index contributed by atoms with van der Waals surface area (Å²) in [5, 5.41) is 2.71. The lowest BCUT2D eigenvalue weighted by atomic mass is 10.2. The highest BCUT2D eigenvalue weighted by Crippen LogP contribution is 2.44. The van der Waals surface area contributed by atoms with Gasteiger partial charge in [-0.2, -0.15) is 0 Å². The average Bonchev–Trinajstić information content (AvgIpc) is 2.95. The lowest BCUT2D eigenvalue weighted by Gasteiger charge is -1.93. The van der Waals surface area contributed by atoms with Gasteiger partial charge in [-0.3, -0.25) is 0 Å². The molecule has 0 radical (unpaired) electrons. The first-order valence-electron chi connectivity index (χ1n) is 6.83. The molecular formula is C17H17NS2. The Morgan fingerprint density at radius 2 is 1.35 bits per heavy atom. The van der Waals surface area contributed by atoms with Crippen molar-refractivity contribution in [2.45, 2.75) is 20.8 Å². The van der Waals surface area contributed by atoms with E-state index in [-0.39, 0.29) is 0 Å². The summed E-state index contributed by atoms with van der Waals surface area (Å²) >= 11 is 3.74. The molecule has 0 spiro atoms. The summed E-state index contributed by atoms with van der Waals surface area (Å²) in [6.07, 6.45) is 0. The van der Waals surface area contributed by atoms with Crippen LogP contribution in [0.3, 0.4) is 0 Å². The summed E-state index contributed by atoms with van der Waals surface area (Å²) in [4.78, 5) is 0. The van der Waals surface area contributed by atoms with Crippen LogP contribution in [0.15, 0.2) is 36.4 Å². The second-order valence-corrected chi connectivity index (χ2v) is 6.72. The van der Waals surface area contributed by atoms with Crippen LogP contribution >= 0.6 is 22.7 Å². The summed E-state index contributed by atoms with van der Waals surface area (Å²) in [5.41, 5.74) is 8.03. The quantitative estimate of drug-likeness (QED) is 0.385. The predicted octanol–water partition coefficient (Wildman–Crippen LogP) is 6.19. The van der Waals surface area contributed by atoms with Gasteiger partial charge in [0.25, 0.3) is 0 Å². The summed E-state index contributed by atoms with van der Waals surface area (Å²) in [6.45, 7) is 6.14. The van der Waals surface area contributed by atoms with Gasteiger partial charge in [-0.05, 0) is 30.7 Å². The molecule has 1 nitrogen and oxygen atoms in total. The number of hydrogen-bond donors (Lipinski definition) is 1. The van der Waals surface area contributed by atoms with Gasteiger partial charge >= 0.3 is 0 Å². The molecule has 2 aromatic carbocycles. The second-order valence-electron chi connectivity index (χ2n) is 4.62. The van der Waals surface area contributed by atoms with Gasteiger partial charge in [0.2, 0.25) is 0 Å². The molecule has 0 amide bonds. The van der Waals surface area contributed by atoms with E-state index in [9.17, 15) is 0 Å². The first kappa shape index (κ1) is 13.4. The number of hydrogen-bond acceptors (Lipinski definition) is 3. The van der Waals surface area contributed by atoms with Crippen molar-refractivity contribution in [3.63, 3.8) is 0 Å². The normalized spacial score (nSPS) is 10.9. The Kier molecular flexibility index (Phi) is 3.40. The molecule has 2 N–H and O–H groups in total. The largest absolute Gasteiger partial charge is 0.399 e.